The summed E-state index contributed by atoms with van der Waals surface area (Å²) in [6.07, 6.45) is 4.22. The summed E-state index contributed by atoms with van der Waals surface area (Å²) in [6.45, 7) is 3.22. The molecular formula is C18H22ClNS. The highest BCUT2D eigenvalue weighted by Crippen LogP contribution is 2.28. The van der Waals surface area contributed by atoms with Crippen LogP contribution in [0.4, 0.5) is 0 Å². The van der Waals surface area contributed by atoms with Gasteiger partial charge >= 0.3 is 0 Å². The highest BCUT2D eigenvalue weighted by molar-refractivity contribution is 7.98. The topological polar surface area (TPSA) is 12.0 Å². The van der Waals surface area contributed by atoms with Crippen molar-refractivity contribution in [2.24, 2.45) is 0 Å². The lowest BCUT2D eigenvalue weighted by Crippen LogP contribution is -2.24. The highest BCUT2D eigenvalue weighted by atomic mass is 35.5. The normalized spacial score (nSPS) is 12.3. The van der Waals surface area contributed by atoms with Crippen molar-refractivity contribution in [3.63, 3.8) is 0 Å². The van der Waals surface area contributed by atoms with E-state index in [4.69, 9.17) is 11.6 Å². The molecule has 0 saturated heterocycles. The van der Waals surface area contributed by atoms with Gasteiger partial charge in [-0.15, -0.1) is 11.8 Å². The molecule has 0 aliphatic carbocycles. The predicted molar refractivity (Wildman–Crippen MR) is 94.4 cm³/mol. The SMILES string of the molecule is CCCNC(Cc1cccc(Cl)c1)c1ccccc1SC. The Labute approximate surface area is 137 Å². The van der Waals surface area contributed by atoms with Crippen LogP contribution in [-0.2, 0) is 6.42 Å². The fourth-order valence-corrected chi connectivity index (χ4v) is 3.34. The molecule has 0 aliphatic rings. The molecule has 1 atom stereocenters. The van der Waals surface area contributed by atoms with E-state index in [0.717, 1.165) is 24.4 Å². The minimum Gasteiger partial charge on any atom is -0.310 e. The maximum absolute atomic E-state index is 6.11. The number of hydrogen-bond donors (Lipinski definition) is 1. The lowest BCUT2D eigenvalue weighted by Gasteiger charge is -2.21. The van der Waals surface area contributed by atoms with Crippen molar-refractivity contribution in [2.45, 2.75) is 30.7 Å². The number of benzene rings is 2. The first-order valence-corrected chi connectivity index (χ1v) is 8.95. The molecule has 0 aromatic heterocycles. The zero-order valence-electron chi connectivity index (χ0n) is 12.6. The van der Waals surface area contributed by atoms with Crippen molar-refractivity contribution in [3.8, 4) is 0 Å². The fraction of sp³-hybridized carbons (Fsp3) is 0.333. The molecule has 0 fully saturated rings. The van der Waals surface area contributed by atoms with E-state index < -0.39 is 0 Å². The molecule has 0 bridgehead atoms. The van der Waals surface area contributed by atoms with Crippen LogP contribution < -0.4 is 5.32 Å². The maximum Gasteiger partial charge on any atom is 0.0408 e. The Morgan fingerprint density at radius 2 is 1.95 bits per heavy atom. The van der Waals surface area contributed by atoms with Gasteiger partial charge in [-0.2, -0.15) is 0 Å². The minimum atomic E-state index is 0.326. The Balaban J connectivity index is 2.25. The summed E-state index contributed by atoms with van der Waals surface area (Å²) in [5.74, 6) is 0. The first-order chi connectivity index (χ1) is 10.2. The van der Waals surface area contributed by atoms with E-state index >= 15 is 0 Å². The van der Waals surface area contributed by atoms with Crippen LogP contribution in [0.2, 0.25) is 5.02 Å². The number of rotatable bonds is 7. The second-order valence-corrected chi connectivity index (χ2v) is 6.37. The van der Waals surface area contributed by atoms with E-state index in [0.29, 0.717) is 6.04 Å². The Hall–Kier alpha value is -0.960. The summed E-state index contributed by atoms with van der Waals surface area (Å²) in [7, 11) is 0. The van der Waals surface area contributed by atoms with Gasteiger partial charge in [0.2, 0.25) is 0 Å². The summed E-state index contributed by atoms with van der Waals surface area (Å²) in [6, 6.07) is 17.1. The molecule has 2 rings (SSSR count). The van der Waals surface area contributed by atoms with Crippen LogP contribution in [-0.4, -0.2) is 12.8 Å². The minimum absolute atomic E-state index is 0.326. The van der Waals surface area contributed by atoms with Crippen LogP contribution in [0.25, 0.3) is 0 Å². The molecule has 3 heteroatoms. The van der Waals surface area contributed by atoms with E-state index in [1.165, 1.54) is 16.0 Å². The summed E-state index contributed by atoms with van der Waals surface area (Å²) in [5, 5.41) is 4.48. The third kappa shape index (κ3) is 4.77. The molecule has 0 radical (unpaired) electrons. The maximum atomic E-state index is 6.11. The lowest BCUT2D eigenvalue weighted by atomic mass is 9.98. The van der Waals surface area contributed by atoms with Gasteiger partial charge in [-0.05, 0) is 55.0 Å². The molecule has 1 nitrogen and oxygen atoms in total. The van der Waals surface area contributed by atoms with Gasteiger partial charge in [0.1, 0.15) is 0 Å². The molecule has 0 spiro atoms. The molecule has 112 valence electrons. The van der Waals surface area contributed by atoms with Gasteiger partial charge in [0, 0.05) is 16.0 Å². The van der Waals surface area contributed by atoms with Crippen LogP contribution >= 0.6 is 23.4 Å². The van der Waals surface area contributed by atoms with Crippen LogP contribution in [0.1, 0.15) is 30.5 Å². The Morgan fingerprint density at radius 1 is 1.14 bits per heavy atom. The average Bonchev–Trinajstić information content (AvgIpc) is 2.51. The van der Waals surface area contributed by atoms with Gasteiger partial charge in [0.15, 0.2) is 0 Å². The number of thioether (sulfide) groups is 1. The Kier molecular flexibility index (Phi) is 6.62. The molecule has 0 saturated carbocycles. The summed E-state index contributed by atoms with van der Waals surface area (Å²) >= 11 is 7.92. The molecular weight excluding hydrogens is 298 g/mol. The number of hydrogen-bond acceptors (Lipinski definition) is 2. The third-order valence-corrected chi connectivity index (χ3v) is 4.53. The molecule has 0 amide bonds. The second-order valence-electron chi connectivity index (χ2n) is 5.08. The van der Waals surface area contributed by atoms with Crippen LogP contribution in [0, 0.1) is 0 Å². The van der Waals surface area contributed by atoms with E-state index in [-0.39, 0.29) is 0 Å². The Morgan fingerprint density at radius 3 is 2.67 bits per heavy atom. The van der Waals surface area contributed by atoms with E-state index in [1.807, 2.05) is 12.1 Å². The van der Waals surface area contributed by atoms with Crippen molar-refractivity contribution >= 4 is 23.4 Å². The van der Waals surface area contributed by atoms with Gasteiger partial charge in [-0.3, -0.25) is 0 Å². The van der Waals surface area contributed by atoms with Gasteiger partial charge in [0.25, 0.3) is 0 Å². The monoisotopic (exact) mass is 319 g/mol. The molecule has 2 aromatic carbocycles. The van der Waals surface area contributed by atoms with Crippen molar-refractivity contribution in [3.05, 3.63) is 64.7 Å². The van der Waals surface area contributed by atoms with Crippen molar-refractivity contribution in [2.75, 3.05) is 12.8 Å². The third-order valence-electron chi connectivity index (χ3n) is 3.48. The van der Waals surface area contributed by atoms with Crippen molar-refractivity contribution < 1.29 is 0 Å². The number of halogens is 1. The fourth-order valence-electron chi connectivity index (χ4n) is 2.46. The van der Waals surface area contributed by atoms with Crippen molar-refractivity contribution in [1.82, 2.24) is 5.32 Å². The van der Waals surface area contributed by atoms with Crippen LogP contribution in [0.15, 0.2) is 53.4 Å². The van der Waals surface area contributed by atoms with E-state index in [2.05, 4.69) is 54.9 Å². The molecule has 0 heterocycles. The second kappa shape index (κ2) is 8.47. The predicted octanol–water partition coefficient (Wildman–Crippen LogP) is 5.35. The zero-order valence-corrected chi connectivity index (χ0v) is 14.2. The van der Waals surface area contributed by atoms with Crippen LogP contribution in [0.5, 0.6) is 0 Å². The van der Waals surface area contributed by atoms with Gasteiger partial charge in [-0.25, -0.2) is 0 Å². The van der Waals surface area contributed by atoms with Crippen molar-refractivity contribution in [1.29, 1.82) is 0 Å². The van der Waals surface area contributed by atoms with Crippen LogP contribution in [0.3, 0.4) is 0 Å². The van der Waals surface area contributed by atoms with E-state index in [9.17, 15) is 0 Å². The molecule has 1 unspecified atom stereocenters. The first-order valence-electron chi connectivity index (χ1n) is 7.35. The van der Waals surface area contributed by atoms with E-state index in [1.54, 1.807) is 11.8 Å². The molecule has 2 aromatic rings. The quantitative estimate of drug-likeness (QED) is 0.691. The standard InChI is InChI=1S/C18H22ClNS/c1-3-11-20-17(13-14-7-6-8-15(19)12-14)16-9-4-5-10-18(16)21-2/h4-10,12,17,20H,3,11,13H2,1-2H3. The molecule has 0 aliphatic heterocycles. The summed E-state index contributed by atoms with van der Waals surface area (Å²) in [4.78, 5) is 1.34. The zero-order chi connectivity index (χ0) is 15.1. The summed E-state index contributed by atoms with van der Waals surface area (Å²) < 4.78 is 0. The van der Waals surface area contributed by atoms with Gasteiger partial charge in [0.05, 0.1) is 0 Å². The molecule has 1 N–H and O–H groups in total. The first kappa shape index (κ1) is 16.4. The largest absolute Gasteiger partial charge is 0.310 e. The number of nitrogens with one attached hydrogen (secondary N) is 1. The van der Waals surface area contributed by atoms with Gasteiger partial charge < -0.3 is 5.32 Å². The van der Waals surface area contributed by atoms with Gasteiger partial charge in [-0.1, -0.05) is 48.9 Å². The highest BCUT2D eigenvalue weighted by Gasteiger charge is 2.15. The molecule has 21 heavy (non-hydrogen) atoms. The lowest BCUT2D eigenvalue weighted by molar-refractivity contribution is 0.523. The average molecular weight is 320 g/mol. The Bertz CT molecular complexity index is 571. The smallest absolute Gasteiger partial charge is 0.0408 e. The summed E-state index contributed by atoms with van der Waals surface area (Å²) in [5.41, 5.74) is 2.64.